The second-order valence-electron chi connectivity index (χ2n) is 5.46. The molecule has 0 spiro atoms. The average molecular weight is 274 g/mol. The van der Waals surface area contributed by atoms with Gasteiger partial charge in [0, 0.05) is 20.2 Å². The third kappa shape index (κ3) is 7.22. The van der Waals surface area contributed by atoms with Gasteiger partial charge in [0.25, 0.3) is 0 Å². The normalized spacial score (nSPS) is 23.7. The lowest BCUT2D eigenvalue weighted by Crippen LogP contribution is -2.35. The minimum Gasteiger partial charge on any atom is -0.389 e. The van der Waals surface area contributed by atoms with Crippen LogP contribution in [0.15, 0.2) is 0 Å². The lowest BCUT2D eigenvalue weighted by Gasteiger charge is -2.18. The number of likely N-dealkylation sites (tertiary alicyclic amines) is 1. The number of nitrogens with one attached hydrogen (secondary N) is 1. The lowest BCUT2D eigenvalue weighted by atomic mass is 10.1. The Kier molecular flexibility index (Phi) is 8.57. The topological polar surface area (TPSA) is 54.0 Å². The number of ether oxygens (including phenoxy) is 2. The van der Waals surface area contributed by atoms with E-state index in [1.54, 1.807) is 7.11 Å². The summed E-state index contributed by atoms with van der Waals surface area (Å²) in [6, 6.07) is 0. The molecule has 1 fully saturated rings. The van der Waals surface area contributed by atoms with Crippen LogP contribution in [0, 0.1) is 5.92 Å². The van der Waals surface area contributed by atoms with Crippen molar-refractivity contribution in [2.75, 3.05) is 53.0 Å². The molecular weight excluding hydrogens is 244 g/mol. The predicted molar refractivity (Wildman–Crippen MR) is 76.4 cm³/mol. The lowest BCUT2D eigenvalue weighted by molar-refractivity contribution is -0.0311. The Hall–Kier alpha value is -0.200. The smallest absolute Gasteiger partial charge is 0.0897 e. The fourth-order valence-electron chi connectivity index (χ4n) is 2.44. The molecule has 1 saturated heterocycles. The molecule has 1 rings (SSSR count). The first kappa shape index (κ1) is 16.9. The number of hydrogen-bond donors (Lipinski definition) is 2. The van der Waals surface area contributed by atoms with Crippen molar-refractivity contribution in [1.29, 1.82) is 0 Å². The summed E-state index contributed by atoms with van der Waals surface area (Å²) in [5, 5.41) is 13.1. The number of aliphatic hydroxyl groups excluding tert-OH is 1. The summed E-state index contributed by atoms with van der Waals surface area (Å²) in [6.45, 7) is 10.2. The van der Waals surface area contributed by atoms with Crippen molar-refractivity contribution in [3.63, 3.8) is 0 Å². The average Bonchev–Trinajstić information content (AvgIpc) is 2.85. The zero-order chi connectivity index (χ0) is 14.1. The molecule has 3 atom stereocenters. The van der Waals surface area contributed by atoms with Crippen molar-refractivity contribution in [2.45, 2.75) is 32.5 Å². The molecule has 5 nitrogen and oxygen atoms in total. The Balaban J connectivity index is 1.99. The van der Waals surface area contributed by atoms with Gasteiger partial charge in [-0.15, -0.1) is 0 Å². The van der Waals surface area contributed by atoms with Crippen LogP contribution in [0.1, 0.15) is 20.3 Å². The van der Waals surface area contributed by atoms with Crippen LogP contribution < -0.4 is 5.32 Å². The number of rotatable bonds is 10. The molecule has 2 N–H and O–H groups in total. The monoisotopic (exact) mass is 274 g/mol. The molecule has 1 aliphatic heterocycles. The molecule has 0 aromatic heterocycles. The van der Waals surface area contributed by atoms with Crippen LogP contribution in [0.25, 0.3) is 0 Å². The van der Waals surface area contributed by atoms with Gasteiger partial charge in [-0.3, -0.25) is 0 Å². The first-order valence-electron chi connectivity index (χ1n) is 7.37. The number of hydrogen-bond acceptors (Lipinski definition) is 5. The molecular formula is C14H30N2O3. The van der Waals surface area contributed by atoms with Crippen molar-refractivity contribution in [1.82, 2.24) is 10.2 Å². The van der Waals surface area contributed by atoms with Crippen molar-refractivity contribution in [3.8, 4) is 0 Å². The molecule has 0 amide bonds. The summed E-state index contributed by atoms with van der Waals surface area (Å²) >= 11 is 0. The maximum Gasteiger partial charge on any atom is 0.0897 e. The van der Waals surface area contributed by atoms with Crippen LogP contribution in [0.3, 0.4) is 0 Å². The molecule has 0 aromatic carbocycles. The van der Waals surface area contributed by atoms with Gasteiger partial charge in [0.15, 0.2) is 0 Å². The fraction of sp³-hybridized carbons (Fsp3) is 1.00. The molecule has 0 radical (unpaired) electrons. The minimum atomic E-state index is -0.442. The first-order chi connectivity index (χ1) is 9.15. The van der Waals surface area contributed by atoms with Crippen LogP contribution in [0.5, 0.6) is 0 Å². The van der Waals surface area contributed by atoms with Gasteiger partial charge in [0.2, 0.25) is 0 Å². The molecule has 0 saturated carbocycles. The van der Waals surface area contributed by atoms with Gasteiger partial charge >= 0.3 is 0 Å². The molecule has 1 heterocycles. The summed E-state index contributed by atoms with van der Waals surface area (Å²) in [5.41, 5.74) is 0. The Labute approximate surface area is 117 Å². The highest BCUT2D eigenvalue weighted by Gasteiger charge is 2.20. The van der Waals surface area contributed by atoms with E-state index in [4.69, 9.17) is 9.47 Å². The van der Waals surface area contributed by atoms with Gasteiger partial charge in [-0.1, -0.05) is 6.92 Å². The van der Waals surface area contributed by atoms with E-state index in [9.17, 15) is 5.11 Å². The SMILES string of the molecule is CCN1CCC(CNCC(O)COC(C)COC)C1. The highest BCUT2D eigenvalue weighted by atomic mass is 16.5. The molecule has 3 unspecified atom stereocenters. The van der Waals surface area contributed by atoms with Crippen LogP contribution in [0.4, 0.5) is 0 Å². The Morgan fingerprint density at radius 1 is 1.42 bits per heavy atom. The van der Waals surface area contributed by atoms with E-state index < -0.39 is 6.10 Å². The van der Waals surface area contributed by atoms with Gasteiger partial charge in [0.05, 0.1) is 25.4 Å². The van der Waals surface area contributed by atoms with E-state index in [2.05, 4.69) is 17.1 Å². The first-order valence-corrected chi connectivity index (χ1v) is 7.37. The summed E-state index contributed by atoms with van der Waals surface area (Å²) in [7, 11) is 1.65. The van der Waals surface area contributed by atoms with Gasteiger partial charge < -0.3 is 24.8 Å². The predicted octanol–water partition coefficient (Wildman–Crippen LogP) is 0.330. The zero-order valence-corrected chi connectivity index (χ0v) is 12.6. The summed E-state index contributed by atoms with van der Waals surface area (Å²) < 4.78 is 10.5. The fourth-order valence-corrected chi connectivity index (χ4v) is 2.44. The van der Waals surface area contributed by atoms with E-state index in [1.165, 1.54) is 19.5 Å². The maximum atomic E-state index is 9.80. The van der Waals surface area contributed by atoms with Crippen LogP contribution in [0.2, 0.25) is 0 Å². The van der Waals surface area contributed by atoms with E-state index in [-0.39, 0.29) is 6.10 Å². The number of methoxy groups -OCH3 is 1. The van der Waals surface area contributed by atoms with Crippen molar-refractivity contribution >= 4 is 0 Å². The molecule has 1 aliphatic rings. The van der Waals surface area contributed by atoms with E-state index in [0.717, 1.165) is 19.0 Å². The summed E-state index contributed by atoms with van der Waals surface area (Å²) in [6.07, 6.45) is 0.855. The van der Waals surface area contributed by atoms with E-state index in [1.807, 2.05) is 6.92 Å². The summed E-state index contributed by atoms with van der Waals surface area (Å²) in [4.78, 5) is 2.47. The molecule has 114 valence electrons. The Morgan fingerprint density at radius 2 is 2.21 bits per heavy atom. The van der Waals surface area contributed by atoms with Gasteiger partial charge in [-0.05, 0) is 38.9 Å². The van der Waals surface area contributed by atoms with E-state index in [0.29, 0.717) is 19.8 Å². The van der Waals surface area contributed by atoms with Gasteiger partial charge in [0.1, 0.15) is 0 Å². The minimum absolute atomic E-state index is 0.0348. The third-order valence-electron chi connectivity index (χ3n) is 3.60. The number of nitrogens with zero attached hydrogens (tertiary/aromatic N) is 1. The zero-order valence-electron chi connectivity index (χ0n) is 12.6. The highest BCUT2D eigenvalue weighted by Crippen LogP contribution is 2.14. The standard InChI is InChI=1S/C14H30N2O3/c1-4-16-6-5-13(9-16)7-15-8-14(17)11-19-12(2)10-18-3/h12-15,17H,4-11H2,1-3H3. The van der Waals surface area contributed by atoms with Crippen molar-refractivity contribution in [3.05, 3.63) is 0 Å². The van der Waals surface area contributed by atoms with Gasteiger partial charge in [-0.25, -0.2) is 0 Å². The van der Waals surface area contributed by atoms with Crippen molar-refractivity contribution < 1.29 is 14.6 Å². The molecule has 19 heavy (non-hydrogen) atoms. The second-order valence-corrected chi connectivity index (χ2v) is 5.46. The Morgan fingerprint density at radius 3 is 2.84 bits per heavy atom. The van der Waals surface area contributed by atoms with Crippen LogP contribution >= 0.6 is 0 Å². The Bertz CT molecular complexity index is 229. The maximum absolute atomic E-state index is 9.80. The molecule has 5 heteroatoms. The number of aliphatic hydroxyl groups is 1. The second kappa shape index (κ2) is 9.66. The van der Waals surface area contributed by atoms with Crippen LogP contribution in [-0.2, 0) is 9.47 Å². The van der Waals surface area contributed by atoms with Crippen LogP contribution in [-0.4, -0.2) is 75.3 Å². The summed E-state index contributed by atoms with van der Waals surface area (Å²) in [5.74, 6) is 0.723. The van der Waals surface area contributed by atoms with E-state index >= 15 is 0 Å². The quantitative estimate of drug-likeness (QED) is 0.601. The van der Waals surface area contributed by atoms with Crippen molar-refractivity contribution in [2.24, 2.45) is 5.92 Å². The molecule has 0 aliphatic carbocycles. The third-order valence-corrected chi connectivity index (χ3v) is 3.60. The molecule has 0 bridgehead atoms. The molecule has 0 aromatic rings. The highest BCUT2D eigenvalue weighted by molar-refractivity contribution is 4.76. The van der Waals surface area contributed by atoms with Gasteiger partial charge in [-0.2, -0.15) is 0 Å². The largest absolute Gasteiger partial charge is 0.389 e.